The second kappa shape index (κ2) is 13.0. The third kappa shape index (κ3) is 7.58. The van der Waals surface area contributed by atoms with E-state index in [4.69, 9.17) is 15.2 Å². The van der Waals surface area contributed by atoms with Crippen molar-refractivity contribution in [3.05, 3.63) is 63.5 Å². The maximum Gasteiger partial charge on any atom is 0.277 e. The first kappa shape index (κ1) is 26.4. The first-order chi connectivity index (χ1) is 15.5. The van der Waals surface area contributed by atoms with E-state index in [9.17, 15) is 9.18 Å². The maximum atomic E-state index is 13.1. The van der Waals surface area contributed by atoms with E-state index < -0.39 is 5.91 Å². The fourth-order valence-corrected chi connectivity index (χ4v) is 3.40. The van der Waals surface area contributed by atoms with Crippen LogP contribution in [-0.4, -0.2) is 35.9 Å². The van der Waals surface area contributed by atoms with E-state index in [2.05, 4.69) is 41.5 Å². The molecule has 0 radical (unpaired) electrons. The molecule has 12 heteroatoms. The molecular weight excluding hydrogens is 521 g/mol. The molecule has 0 aliphatic rings. The Bertz CT molecular complexity index is 1050. The minimum atomic E-state index is -0.449. The number of carbonyl (C=O) groups excluding carboxylic acids is 1. The predicted octanol–water partition coefficient (Wildman–Crippen LogP) is 3.47. The van der Waals surface area contributed by atoms with Crippen LogP contribution < -0.4 is 25.8 Å². The quantitative estimate of drug-likeness (QED) is 0.314. The van der Waals surface area contributed by atoms with E-state index in [1.807, 2.05) is 19.1 Å². The summed E-state index contributed by atoms with van der Waals surface area (Å²) in [5.74, 6) is 0.384. The van der Waals surface area contributed by atoms with Gasteiger partial charge >= 0.3 is 0 Å². The number of carbonyl (C=O) groups is 1. The molecule has 33 heavy (non-hydrogen) atoms. The summed E-state index contributed by atoms with van der Waals surface area (Å²) in [5.41, 5.74) is 7.26. The molecule has 0 spiro atoms. The van der Waals surface area contributed by atoms with Gasteiger partial charge in [0, 0.05) is 19.6 Å². The molecule has 0 saturated heterocycles. The Hall–Kier alpha value is -2.89. The maximum absolute atomic E-state index is 13.1. The third-order valence-corrected chi connectivity index (χ3v) is 4.90. The molecular formula is C21H24BrClFN5O4. The van der Waals surface area contributed by atoms with Gasteiger partial charge in [-0.05, 0) is 68.6 Å². The SMILES string of the molecule is CCOc1cc(CNCCNC(=O)c2nonc2N)cc(Br)c1OCc1ccc(F)cc1.Cl. The third-order valence-electron chi connectivity index (χ3n) is 4.31. The minimum absolute atomic E-state index is 0. The molecule has 178 valence electrons. The molecule has 9 nitrogen and oxygen atoms in total. The number of ether oxygens (including phenoxy) is 2. The highest BCUT2D eigenvalue weighted by atomic mass is 79.9. The van der Waals surface area contributed by atoms with Gasteiger partial charge in [0.25, 0.3) is 5.91 Å². The summed E-state index contributed by atoms with van der Waals surface area (Å²) in [4.78, 5) is 11.9. The van der Waals surface area contributed by atoms with Crippen LogP contribution in [0.3, 0.4) is 0 Å². The molecule has 0 bridgehead atoms. The van der Waals surface area contributed by atoms with E-state index >= 15 is 0 Å². The van der Waals surface area contributed by atoms with Gasteiger partial charge in [-0.2, -0.15) is 0 Å². The molecule has 0 saturated carbocycles. The number of halogens is 3. The second-order valence-corrected chi connectivity index (χ2v) is 7.54. The highest BCUT2D eigenvalue weighted by molar-refractivity contribution is 9.10. The number of nitrogens with zero attached hydrogens (tertiary/aromatic N) is 2. The zero-order valence-corrected chi connectivity index (χ0v) is 20.2. The van der Waals surface area contributed by atoms with E-state index in [0.717, 1.165) is 15.6 Å². The fraction of sp³-hybridized carbons (Fsp3) is 0.286. The van der Waals surface area contributed by atoms with Gasteiger partial charge in [-0.3, -0.25) is 4.79 Å². The number of benzene rings is 2. The average molecular weight is 545 g/mol. The summed E-state index contributed by atoms with van der Waals surface area (Å²) in [5, 5.41) is 12.7. The van der Waals surface area contributed by atoms with Crippen molar-refractivity contribution >= 4 is 40.1 Å². The zero-order valence-electron chi connectivity index (χ0n) is 17.8. The average Bonchev–Trinajstić information content (AvgIpc) is 3.20. The number of nitrogen functional groups attached to an aromatic ring is 1. The van der Waals surface area contributed by atoms with Gasteiger partial charge in [-0.25, -0.2) is 9.02 Å². The lowest BCUT2D eigenvalue weighted by Gasteiger charge is -2.16. The van der Waals surface area contributed by atoms with Crippen LogP contribution in [0.15, 0.2) is 45.5 Å². The van der Waals surface area contributed by atoms with Crippen LogP contribution in [0.5, 0.6) is 11.5 Å². The van der Waals surface area contributed by atoms with E-state index in [1.54, 1.807) is 12.1 Å². The molecule has 1 aromatic heterocycles. The van der Waals surface area contributed by atoms with Gasteiger partial charge in [0.2, 0.25) is 11.5 Å². The van der Waals surface area contributed by atoms with Crippen LogP contribution in [0.1, 0.15) is 28.5 Å². The first-order valence-corrected chi connectivity index (χ1v) is 10.7. The molecule has 3 rings (SSSR count). The van der Waals surface area contributed by atoms with E-state index in [0.29, 0.717) is 37.7 Å². The van der Waals surface area contributed by atoms with Crippen LogP contribution in [0.4, 0.5) is 10.2 Å². The fourth-order valence-electron chi connectivity index (χ4n) is 2.80. The van der Waals surface area contributed by atoms with Crippen LogP contribution in [-0.2, 0) is 13.2 Å². The highest BCUT2D eigenvalue weighted by Crippen LogP contribution is 2.37. The van der Waals surface area contributed by atoms with Crippen molar-refractivity contribution in [1.82, 2.24) is 20.9 Å². The van der Waals surface area contributed by atoms with Crippen molar-refractivity contribution in [2.75, 3.05) is 25.4 Å². The van der Waals surface area contributed by atoms with Crippen molar-refractivity contribution in [1.29, 1.82) is 0 Å². The van der Waals surface area contributed by atoms with Gasteiger partial charge in [0.1, 0.15) is 12.4 Å². The Kier molecular flexibility index (Phi) is 10.4. The van der Waals surface area contributed by atoms with Crippen LogP contribution in [0.25, 0.3) is 0 Å². The lowest BCUT2D eigenvalue weighted by atomic mass is 10.2. The van der Waals surface area contributed by atoms with Crippen LogP contribution >= 0.6 is 28.3 Å². The Labute approximate surface area is 204 Å². The number of amides is 1. The van der Waals surface area contributed by atoms with Crippen molar-refractivity contribution in [2.24, 2.45) is 0 Å². The molecule has 0 aliphatic carbocycles. The Morgan fingerprint density at radius 1 is 1.15 bits per heavy atom. The normalized spacial score (nSPS) is 10.4. The summed E-state index contributed by atoms with van der Waals surface area (Å²) in [6.07, 6.45) is 0. The summed E-state index contributed by atoms with van der Waals surface area (Å²) >= 11 is 3.54. The molecule has 0 atom stereocenters. The standard InChI is InChI=1S/C21H23BrFN5O4.ClH/c1-2-30-17-10-14(11-25-7-8-26-21(29)18-20(24)28-32-27-18)9-16(22)19(17)31-12-13-3-5-15(23)6-4-13;/h3-6,9-10,25H,2,7-8,11-12H2,1H3,(H2,24,28)(H,26,29);1H. The molecule has 1 amide bonds. The molecule has 0 aliphatic heterocycles. The molecule has 3 aromatic rings. The van der Waals surface area contributed by atoms with E-state index in [-0.39, 0.29) is 36.3 Å². The number of hydrogen-bond acceptors (Lipinski definition) is 8. The van der Waals surface area contributed by atoms with Crippen LogP contribution in [0, 0.1) is 5.82 Å². The minimum Gasteiger partial charge on any atom is -0.490 e. The Morgan fingerprint density at radius 2 is 1.91 bits per heavy atom. The molecule has 0 fully saturated rings. The second-order valence-electron chi connectivity index (χ2n) is 6.68. The van der Waals surface area contributed by atoms with Gasteiger partial charge in [0.05, 0.1) is 11.1 Å². The van der Waals surface area contributed by atoms with Gasteiger partial charge in [0.15, 0.2) is 11.5 Å². The van der Waals surface area contributed by atoms with Crippen molar-refractivity contribution < 1.29 is 23.3 Å². The molecule has 0 unspecified atom stereocenters. The predicted molar refractivity (Wildman–Crippen MR) is 126 cm³/mol. The van der Waals surface area contributed by atoms with Gasteiger partial charge in [-0.15, -0.1) is 12.4 Å². The molecule has 2 aromatic carbocycles. The number of anilines is 1. The Morgan fingerprint density at radius 3 is 2.58 bits per heavy atom. The smallest absolute Gasteiger partial charge is 0.277 e. The summed E-state index contributed by atoms with van der Waals surface area (Å²) in [6, 6.07) is 9.96. The van der Waals surface area contributed by atoms with E-state index in [1.165, 1.54) is 12.1 Å². The van der Waals surface area contributed by atoms with Crippen molar-refractivity contribution in [2.45, 2.75) is 20.1 Å². The van der Waals surface area contributed by atoms with Crippen molar-refractivity contribution in [3.8, 4) is 11.5 Å². The monoisotopic (exact) mass is 543 g/mol. The Balaban J connectivity index is 0.00000385. The number of aromatic nitrogens is 2. The lowest BCUT2D eigenvalue weighted by Crippen LogP contribution is -2.32. The number of nitrogens with two attached hydrogens (primary N) is 1. The van der Waals surface area contributed by atoms with Crippen LogP contribution in [0.2, 0.25) is 0 Å². The van der Waals surface area contributed by atoms with Gasteiger partial charge in [-0.1, -0.05) is 12.1 Å². The number of rotatable bonds is 11. The summed E-state index contributed by atoms with van der Waals surface area (Å²) < 4.78 is 29.9. The highest BCUT2D eigenvalue weighted by Gasteiger charge is 2.15. The lowest BCUT2D eigenvalue weighted by molar-refractivity contribution is 0.0944. The zero-order chi connectivity index (χ0) is 22.9. The number of nitrogens with one attached hydrogen (secondary N) is 2. The first-order valence-electron chi connectivity index (χ1n) is 9.87. The summed E-state index contributed by atoms with van der Waals surface area (Å²) in [6.45, 7) is 4.07. The molecule has 1 heterocycles. The molecule has 4 N–H and O–H groups in total. The number of hydrogen-bond donors (Lipinski definition) is 3. The van der Waals surface area contributed by atoms with Gasteiger partial charge < -0.3 is 25.8 Å². The largest absolute Gasteiger partial charge is 0.490 e. The summed E-state index contributed by atoms with van der Waals surface area (Å²) in [7, 11) is 0. The topological polar surface area (TPSA) is 125 Å². The van der Waals surface area contributed by atoms with Crippen molar-refractivity contribution in [3.63, 3.8) is 0 Å².